The molecule has 5 aromatic rings. The van der Waals surface area contributed by atoms with E-state index in [0.717, 1.165) is 23.7 Å². The van der Waals surface area contributed by atoms with Crippen LogP contribution < -0.4 is 15.3 Å². The van der Waals surface area contributed by atoms with Crippen LogP contribution in [0.15, 0.2) is 39.7 Å². The first kappa shape index (κ1) is 28.2. The van der Waals surface area contributed by atoms with Crippen molar-refractivity contribution in [3.8, 4) is 17.3 Å². The molecule has 1 aliphatic rings. The van der Waals surface area contributed by atoms with Crippen LogP contribution in [0.4, 0.5) is 14.7 Å². The number of benzene rings is 1. The highest BCUT2D eigenvalue weighted by molar-refractivity contribution is 7.90. The summed E-state index contributed by atoms with van der Waals surface area (Å²) in [5, 5.41) is 4.37. The summed E-state index contributed by atoms with van der Waals surface area (Å²) in [7, 11) is -3.28. The molecular weight excluding hydrogens is 592 g/mol. The van der Waals surface area contributed by atoms with E-state index in [2.05, 4.69) is 20.0 Å². The first-order chi connectivity index (χ1) is 20.1. The quantitative estimate of drug-likeness (QED) is 0.261. The lowest BCUT2D eigenvalue weighted by atomic mass is 9.89. The topological polar surface area (TPSA) is 151 Å². The molecule has 16 heteroatoms. The number of ether oxygens (including phenoxy) is 1. The Morgan fingerprint density at radius 3 is 2.64 bits per heavy atom. The number of sulfone groups is 1. The molecule has 0 saturated carbocycles. The Morgan fingerprint density at radius 1 is 1.14 bits per heavy atom. The molecule has 1 aliphatic heterocycles. The first-order valence-electron chi connectivity index (χ1n) is 13.2. The fourth-order valence-electron chi connectivity index (χ4n) is 5.12. The van der Waals surface area contributed by atoms with Gasteiger partial charge in [-0.2, -0.15) is 9.50 Å². The lowest BCUT2D eigenvalue weighted by Crippen LogP contribution is -2.36. The van der Waals surface area contributed by atoms with Crippen molar-refractivity contribution in [3.63, 3.8) is 0 Å². The van der Waals surface area contributed by atoms with E-state index in [-0.39, 0.29) is 34.8 Å². The highest BCUT2D eigenvalue weighted by Crippen LogP contribution is 2.34. The van der Waals surface area contributed by atoms with Crippen LogP contribution in [0.2, 0.25) is 0 Å². The normalized spacial score (nSPS) is 15.2. The van der Waals surface area contributed by atoms with Gasteiger partial charge in [0, 0.05) is 25.4 Å². The van der Waals surface area contributed by atoms with Gasteiger partial charge in [-0.1, -0.05) is 11.3 Å². The Morgan fingerprint density at radius 2 is 1.93 bits per heavy atom. The standard InChI is InChI=1S/C26H27F2N7O5S2/c1-42(37,38)12-11-40-20-13-16(17(27)14-18(20)28)15-4-6-33(7-5-15)8-9-34-23-21(41-26(34)36)24-30-22(19-3-2-10-39-19)32-35(24)25(29)31-23/h2-3,10,13-15H,4-9,11-12H2,1H3,(H2,29,31). The number of fused-ring (bicyclic) bond motifs is 3. The Balaban J connectivity index is 1.13. The van der Waals surface area contributed by atoms with E-state index in [4.69, 9.17) is 14.9 Å². The monoisotopic (exact) mass is 619 g/mol. The Kier molecular flexibility index (Phi) is 7.44. The molecule has 0 atom stereocenters. The second kappa shape index (κ2) is 11.1. The van der Waals surface area contributed by atoms with Crippen LogP contribution in [-0.2, 0) is 16.4 Å². The molecule has 222 valence electrons. The van der Waals surface area contributed by atoms with Gasteiger partial charge in [0.1, 0.15) is 17.1 Å². The van der Waals surface area contributed by atoms with Gasteiger partial charge >= 0.3 is 4.87 Å². The highest BCUT2D eigenvalue weighted by Gasteiger charge is 2.26. The third kappa shape index (κ3) is 5.61. The van der Waals surface area contributed by atoms with Gasteiger partial charge in [-0.05, 0) is 55.6 Å². The van der Waals surface area contributed by atoms with Crippen LogP contribution in [0.25, 0.3) is 27.6 Å². The van der Waals surface area contributed by atoms with Crippen LogP contribution in [-0.4, -0.2) is 75.7 Å². The van der Waals surface area contributed by atoms with Gasteiger partial charge in [0.25, 0.3) is 0 Å². The first-order valence-corrected chi connectivity index (χ1v) is 16.1. The summed E-state index contributed by atoms with van der Waals surface area (Å²) in [6.45, 7) is 1.98. The number of anilines is 1. The molecule has 0 bridgehead atoms. The van der Waals surface area contributed by atoms with Gasteiger partial charge in [-0.3, -0.25) is 9.36 Å². The molecule has 5 heterocycles. The second-order valence-electron chi connectivity index (χ2n) is 10.2. The molecule has 4 aromatic heterocycles. The molecule has 0 unspecified atom stereocenters. The number of nitrogens with two attached hydrogens (primary N) is 1. The van der Waals surface area contributed by atoms with Crippen molar-refractivity contribution in [2.24, 2.45) is 0 Å². The van der Waals surface area contributed by atoms with Crippen molar-refractivity contribution >= 4 is 43.1 Å². The largest absolute Gasteiger partial charge is 0.489 e. The molecule has 1 aromatic carbocycles. The molecule has 0 aliphatic carbocycles. The number of thiazole rings is 1. The van der Waals surface area contributed by atoms with E-state index in [1.807, 2.05) is 0 Å². The number of nitrogens with zero attached hydrogens (tertiary/aromatic N) is 6. The minimum absolute atomic E-state index is 0.0937. The molecule has 1 saturated heterocycles. The molecule has 0 spiro atoms. The number of halogens is 2. The highest BCUT2D eigenvalue weighted by atomic mass is 32.2. The van der Waals surface area contributed by atoms with Gasteiger partial charge in [0.2, 0.25) is 11.8 Å². The van der Waals surface area contributed by atoms with Crippen molar-refractivity contribution in [2.45, 2.75) is 25.3 Å². The fraction of sp³-hybridized carbons (Fsp3) is 0.385. The van der Waals surface area contributed by atoms with Crippen molar-refractivity contribution in [3.05, 3.63) is 57.4 Å². The minimum Gasteiger partial charge on any atom is -0.489 e. The van der Waals surface area contributed by atoms with E-state index in [0.29, 0.717) is 72.2 Å². The van der Waals surface area contributed by atoms with Crippen molar-refractivity contribution in [1.82, 2.24) is 29.0 Å². The van der Waals surface area contributed by atoms with E-state index < -0.39 is 21.5 Å². The molecule has 2 N–H and O–H groups in total. The summed E-state index contributed by atoms with van der Waals surface area (Å²) >= 11 is 1.02. The number of hydrogen-bond acceptors (Lipinski definition) is 11. The predicted octanol–water partition coefficient (Wildman–Crippen LogP) is 2.92. The number of hydrogen-bond donors (Lipinski definition) is 1. The molecule has 1 fully saturated rings. The smallest absolute Gasteiger partial charge is 0.309 e. The summed E-state index contributed by atoms with van der Waals surface area (Å²) in [5.74, 6) is -1.21. The summed E-state index contributed by atoms with van der Waals surface area (Å²) in [6.07, 6.45) is 3.81. The summed E-state index contributed by atoms with van der Waals surface area (Å²) in [4.78, 5) is 23.9. The zero-order chi connectivity index (χ0) is 29.6. The van der Waals surface area contributed by atoms with Crippen LogP contribution in [0.5, 0.6) is 5.75 Å². The Labute approximate surface area is 242 Å². The molecular formula is C26H27F2N7O5S2. The fourth-order valence-corrected chi connectivity index (χ4v) is 6.44. The molecule has 12 nitrogen and oxygen atoms in total. The maximum absolute atomic E-state index is 14.7. The number of rotatable bonds is 9. The van der Waals surface area contributed by atoms with Crippen molar-refractivity contribution in [1.29, 1.82) is 0 Å². The maximum atomic E-state index is 14.7. The van der Waals surface area contributed by atoms with Crippen LogP contribution in [0, 0.1) is 11.6 Å². The number of nitrogen functional groups attached to an aromatic ring is 1. The summed E-state index contributed by atoms with van der Waals surface area (Å²) in [5.41, 5.74) is 7.36. The molecule has 0 amide bonds. The van der Waals surface area contributed by atoms with Crippen molar-refractivity contribution < 1.29 is 26.4 Å². The third-order valence-electron chi connectivity index (χ3n) is 7.29. The van der Waals surface area contributed by atoms with Gasteiger partial charge in [0.05, 0.1) is 12.0 Å². The summed E-state index contributed by atoms with van der Waals surface area (Å²) in [6, 6.07) is 5.57. The average Bonchev–Trinajstić information content (AvgIpc) is 3.68. The lowest BCUT2D eigenvalue weighted by molar-refractivity contribution is 0.203. The molecule has 6 rings (SSSR count). The maximum Gasteiger partial charge on any atom is 0.309 e. The predicted molar refractivity (Wildman–Crippen MR) is 153 cm³/mol. The van der Waals surface area contributed by atoms with Gasteiger partial charge in [-0.25, -0.2) is 22.2 Å². The lowest BCUT2D eigenvalue weighted by Gasteiger charge is -2.32. The van der Waals surface area contributed by atoms with Gasteiger partial charge in [0.15, 0.2) is 38.5 Å². The summed E-state index contributed by atoms with van der Waals surface area (Å²) < 4.78 is 65.9. The van der Waals surface area contributed by atoms with Crippen LogP contribution in [0.3, 0.4) is 0 Å². The average molecular weight is 620 g/mol. The van der Waals surface area contributed by atoms with Crippen LogP contribution in [0.1, 0.15) is 24.3 Å². The number of furan rings is 1. The van der Waals surface area contributed by atoms with E-state index in [9.17, 15) is 22.0 Å². The Hall–Kier alpha value is -3.89. The second-order valence-corrected chi connectivity index (χ2v) is 13.4. The Bertz CT molecular complexity index is 1930. The molecule has 0 radical (unpaired) electrons. The van der Waals surface area contributed by atoms with Crippen molar-refractivity contribution in [2.75, 3.05) is 44.0 Å². The van der Waals surface area contributed by atoms with E-state index >= 15 is 0 Å². The van der Waals surface area contributed by atoms with E-state index in [1.165, 1.54) is 16.8 Å². The van der Waals surface area contributed by atoms with Gasteiger partial charge < -0.3 is 19.8 Å². The van der Waals surface area contributed by atoms with E-state index in [1.54, 1.807) is 16.7 Å². The molecule has 42 heavy (non-hydrogen) atoms. The van der Waals surface area contributed by atoms with Crippen LogP contribution >= 0.6 is 11.3 Å². The number of aromatic nitrogens is 5. The number of likely N-dealkylation sites (tertiary alicyclic amines) is 1. The minimum atomic E-state index is -3.28. The third-order valence-corrected chi connectivity index (χ3v) is 9.16. The SMILES string of the molecule is CS(=O)(=O)CCOc1cc(C2CCN(CCn3c(=O)sc4c3nc(N)n3nc(-c5ccco5)nc43)CC2)c(F)cc1F. The van der Waals surface area contributed by atoms with Gasteiger partial charge in [-0.15, -0.1) is 5.10 Å². The number of piperidine rings is 1. The zero-order valence-electron chi connectivity index (χ0n) is 22.5. The zero-order valence-corrected chi connectivity index (χ0v) is 24.1.